The van der Waals surface area contributed by atoms with Crippen molar-refractivity contribution in [3.63, 3.8) is 0 Å². The Morgan fingerprint density at radius 2 is 2.16 bits per heavy atom. The van der Waals surface area contributed by atoms with Crippen LogP contribution in [0.15, 0.2) is 36.5 Å². The van der Waals surface area contributed by atoms with Crippen LogP contribution < -0.4 is 4.90 Å². The van der Waals surface area contributed by atoms with Gasteiger partial charge in [-0.1, -0.05) is 29.8 Å². The maximum Gasteiger partial charge on any atom is 0.339 e. The summed E-state index contributed by atoms with van der Waals surface area (Å²) in [5.41, 5.74) is 2.43. The van der Waals surface area contributed by atoms with E-state index in [1.807, 2.05) is 25.1 Å². The fourth-order valence-electron chi connectivity index (χ4n) is 1.93. The molecular formula is C14H15N3O2. The van der Waals surface area contributed by atoms with E-state index in [1.165, 1.54) is 17.8 Å². The molecule has 0 bridgehead atoms. The Morgan fingerprint density at radius 3 is 2.84 bits per heavy atom. The van der Waals surface area contributed by atoms with Crippen molar-refractivity contribution in [1.29, 1.82) is 0 Å². The predicted molar refractivity (Wildman–Crippen MR) is 72.3 cm³/mol. The number of rotatable bonds is 4. The third kappa shape index (κ3) is 3.07. The van der Waals surface area contributed by atoms with Gasteiger partial charge in [0.1, 0.15) is 5.56 Å². The first kappa shape index (κ1) is 13.0. The van der Waals surface area contributed by atoms with Gasteiger partial charge in [-0.25, -0.2) is 4.79 Å². The Hall–Kier alpha value is -2.43. The van der Waals surface area contributed by atoms with Crippen LogP contribution in [0.1, 0.15) is 21.5 Å². The number of aromatic nitrogens is 2. The van der Waals surface area contributed by atoms with E-state index in [1.54, 1.807) is 11.9 Å². The molecule has 5 heteroatoms. The number of aryl methyl sites for hydroxylation is 1. The molecule has 0 aliphatic rings. The standard InChI is InChI=1S/C14H15N3O2/c1-10-4-3-5-11(8-10)9-17(2)13-12(14(18)19)6-7-15-16-13/h3-8H,9H2,1-2H3,(H,18,19). The molecule has 0 aliphatic heterocycles. The molecule has 0 spiro atoms. The van der Waals surface area contributed by atoms with Crippen LogP contribution in [0.5, 0.6) is 0 Å². The monoisotopic (exact) mass is 257 g/mol. The van der Waals surface area contributed by atoms with Gasteiger partial charge in [0.15, 0.2) is 5.82 Å². The third-order valence-corrected chi connectivity index (χ3v) is 2.80. The van der Waals surface area contributed by atoms with Crippen molar-refractivity contribution in [2.75, 3.05) is 11.9 Å². The van der Waals surface area contributed by atoms with Crippen LogP contribution in [0.2, 0.25) is 0 Å². The van der Waals surface area contributed by atoms with Gasteiger partial charge in [0.25, 0.3) is 0 Å². The Bertz CT molecular complexity index is 599. The zero-order chi connectivity index (χ0) is 13.8. The van der Waals surface area contributed by atoms with E-state index >= 15 is 0 Å². The third-order valence-electron chi connectivity index (χ3n) is 2.80. The Balaban J connectivity index is 2.25. The second kappa shape index (κ2) is 5.48. The molecule has 98 valence electrons. The summed E-state index contributed by atoms with van der Waals surface area (Å²) in [7, 11) is 1.80. The first-order chi connectivity index (χ1) is 9.08. The van der Waals surface area contributed by atoms with Gasteiger partial charge in [0, 0.05) is 13.6 Å². The molecule has 1 heterocycles. The lowest BCUT2D eigenvalue weighted by Gasteiger charge is -2.19. The summed E-state index contributed by atoms with van der Waals surface area (Å²) < 4.78 is 0. The number of carbonyl (C=O) groups is 1. The molecule has 0 saturated heterocycles. The van der Waals surface area contributed by atoms with E-state index in [0.717, 1.165) is 5.56 Å². The number of anilines is 1. The van der Waals surface area contributed by atoms with Crippen molar-refractivity contribution in [3.05, 3.63) is 53.2 Å². The lowest BCUT2D eigenvalue weighted by atomic mass is 10.1. The zero-order valence-corrected chi connectivity index (χ0v) is 10.9. The van der Waals surface area contributed by atoms with E-state index < -0.39 is 5.97 Å². The fourth-order valence-corrected chi connectivity index (χ4v) is 1.93. The summed E-state index contributed by atoms with van der Waals surface area (Å²) in [4.78, 5) is 12.9. The van der Waals surface area contributed by atoms with Gasteiger partial charge in [0.05, 0.1) is 6.20 Å². The molecule has 1 aromatic heterocycles. The van der Waals surface area contributed by atoms with Crippen molar-refractivity contribution in [1.82, 2.24) is 10.2 Å². The minimum Gasteiger partial charge on any atom is -0.478 e. The van der Waals surface area contributed by atoms with E-state index in [-0.39, 0.29) is 5.56 Å². The van der Waals surface area contributed by atoms with Gasteiger partial charge in [-0.15, -0.1) is 5.10 Å². The average molecular weight is 257 g/mol. The minimum atomic E-state index is -0.999. The van der Waals surface area contributed by atoms with Gasteiger partial charge in [0.2, 0.25) is 0 Å². The second-order valence-electron chi connectivity index (χ2n) is 4.42. The van der Waals surface area contributed by atoms with Crippen molar-refractivity contribution < 1.29 is 9.90 Å². The molecular weight excluding hydrogens is 242 g/mol. The van der Waals surface area contributed by atoms with Crippen molar-refractivity contribution >= 4 is 11.8 Å². The molecule has 0 amide bonds. The SMILES string of the molecule is Cc1cccc(CN(C)c2nnccc2C(=O)O)c1. The van der Waals surface area contributed by atoms with Gasteiger partial charge in [-0.2, -0.15) is 5.10 Å². The topological polar surface area (TPSA) is 66.3 Å². The maximum absolute atomic E-state index is 11.1. The molecule has 2 rings (SSSR count). The Kier molecular flexibility index (Phi) is 3.75. The number of nitrogens with zero attached hydrogens (tertiary/aromatic N) is 3. The summed E-state index contributed by atoms with van der Waals surface area (Å²) >= 11 is 0. The van der Waals surface area contributed by atoms with Crippen molar-refractivity contribution in [3.8, 4) is 0 Å². The van der Waals surface area contributed by atoms with Crippen LogP contribution in [-0.4, -0.2) is 28.3 Å². The van der Waals surface area contributed by atoms with Gasteiger partial charge in [-0.05, 0) is 18.6 Å². The number of benzene rings is 1. The van der Waals surface area contributed by atoms with Crippen molar-refractivity contribution in [2.24, 2.45) is 0 Å². The molecule has 0 fully saturated rings. The minimum absolute atomic E-state index is 0.158. The van der Waals surface area contributed by atoms with Crippen molar-refractivity contribution in [2.45, 2.75) is 13.5 Å². The number of carboxylic acid groups (broad SMARTS) is 1. The molecule has 19 heavy (non-hydrogen) atoms. The first-order valence-corrected chi connectivity index (χ1v) is 5.89. The number of hydrogen-bond donors (Lipinski definition) is 1. The molecule has 1 aromatic carbocycles. The lowest BCUT2D eigenvalue weighted by molar-refractivity contribution is 0.0697. The van der Waals surface area contributed by atoms with Crippen LogP contribution in [-0.2, 0) is 6.54 Å². The molecule has 0 aliphatic carbocycles. The highest BCUT2D eigenvalue weighted by Crippen LogP contribution is 2.17. The summed E-state index contributed by atoms with van der Waals surface area (Å²) in [6, 6.07) is 9.52. The number of carboxylic acids is 1. The normalized spacial score (nSPS) is 10.2. The summed E-state index contributed by atoms with van der Waals surface area (Å²) in [6.07, 6.45) is 1.38. The highest BCUT2D eigenvalue weighted by Gasteiger charge is 2.15. The highest BCUT2D eigenvalue weighted by molar-refractivity contribution is 5.93. The smallest absolute Gasteiger partial charge is 0.339 e. The van der Waals surface area contributed by atoms with Gasteiger partial charge in [-0.3, -0.25) is 0 Å². The first-order valence-electron chi connectivity index (χ1n) is 5.89. The largest absolute Gasteiger partial charge is 0.478 e. The average Bonchev–Trinajstić information content (AvgIpc) is 2.38. The summed E-state index contributed by atoms with van der Waals surface area (Å²) in [5.74, 6) is -0.627. The predicted octanol–water partition coefficient (Wildman–Crippen LogP) is 2.12. The van der Waals surface area contributed by atoms with Crippen LogP contribution in [0.3, 0.4) is 0 Å². The van der Waals surface area contributed by atoms with Crippen LogP contribution in [0.25, 0.3) is 0 Å². The molecule has 0 atom stereocenters. The summed E-state index contributed by atoms with van der Waals surface area (Å²) in [5, 5.41) is 16.8. The van der Waals surface area contributed by atoms with E-state index in [9.17, 15) is 4.79 Å². The molecule has 0 unspecified atom stereocenters. The Labute approximate surface area is 111 Å². The van der Waals surface area contributed by atoms with Crippen LogP contribution >= 0.6 is 0 Å². The van der Waals surface area contributed by atoms with E-state index in [0.29, 0.717) is 12.4 Å². The highest BCUT2D eigenvalue weighted by atomic mass is 16.4. The molecule has 5 nitrogen and oxygen atoms in total. The molecule has 0 radical (unpaired) electrons. The number of hydrogen-bond acceptors (Lipinski definition) is 4. The maximum atomic E-state index is 11.1. The van der Waals surface area contributed by atoms with E-state index in [4.69, 9.17) is 5.11 Å². The van der Waals surface area contributed by atoms with Crippen LogP contribution in [0, 0.1) is 6.92 Å². The van der Waals surface area contributed by atoms with Gasteiger partial charge < -0.3 is 10.0 Å². The van der Waals surface area contributed by atoms with Crippen LogP contribution in [0.4, 0.5) is 5.82 Å². The summed E-state index contributed by atoms with van der Waals surface area (Å²) in [6.45, 7) is 2.61. The number of aromatic carboxylic acids is 1. The second-order valence-corrected chi connectivity index (χ2v) is 4.42. The van der Waals surface area contributed by atoms with E-state index in [2.05, 4.69) is 16.3 Å². The molecule has 0 saturated carbocycles. The molecule has 1 N–H and O–H groups in total. The lowest BCUT2D eigenvalue weighted by Crippen LogP contribution is -2.21. The van der Waals surface area contributed by atoms with Gasteiger partial charge >= 0.3 is 5.97 Å². The fraction of sp³-hybridized carbons (Fsp3) is 0.214. The molecule has 2 aromatic rings. The Morgan fingerprint density at radius 1 is 1.37 bits per heavy atom. The zero-order valence-electron chi connectivity index (χ0n) is 10.9. The quantitative estimate of drug-likeness (QED) is 0.908.